The van der Waals surface area contributed by atoms with Crippen molar-refractivity contribution in [1.82, 2.24) is 0 Å². The number of halogens is 1. The highest BCUT2D eigenvalue weighted by Crippen LogP contribution is 2.31. The third kappa shape index (κ3) is 2.99. The van der Waals surface area contributed by atoms with Gasteiger partial charge in [0.2, 0.25) is 0 Å². The van der Waals surface area contributed by atoms with Crippen molar-refractivity contribution in [1.29, 1.82) is 0 Å². The molecule has 0 bridgehead atoms. The van der Waals surface area contributed by atoms with Crippen LogP contribution in [0.4, 0.5) is 15.8 Å². The quantitative estimate of drug-likeness (QED) is 0.919. The molecule has 0 amide bonds. The summed E-state index contributed by atoms with van der Waals surface area (Å²) in [7, 11) is 1.90. The second-order valence-corrected chi connectivity index (χ2v) is 5.19. The number of nitrogens with two attached hydrogens (primary N) is 1. The molecule has 0 spiro atoms. The topological polar surface area (TPSA) is 29.3 Å². The van der Waals surface area contributed by atoms with E-state index in [0.29, 0.717) is 18.7 Å². The molecule has 0 radical (unpaired) electrons. The molecule has 0 atom stereocenters. The molecule has 0 aliphatic rings. The summed E-state index contributed by atoms with van der Waals surface area (Å²) in [5.74, 6) is -0.211. The van der Waals surface area contributed by atoms with Gasteiger partial charge in [-0.2, -0.15) is 0 Å². The van der Waals surface area contributed by atoms with Crippen LogP contribution in [0, 0.1) is 19.7 Å². The van der Waals surface area contributed by atoms with Gasteiger partial charge in [0.1, 0.15) is 5.82 Å². The van der Waals surface area contributed by atoms with Crippen LogP contribution in [0.2, 0.25) is 0 Å². The number of anilines is 2. The monoisotopic (exact) mass is 272 g/mol. The summed E-state index contributed by atoms with van der Waals surface area (Å²) >= 11 is 0. The van der Waals surface area contributed by atoms with Gasteiger partial charge in [0, 0.05) is 12.7 Å². The summed E-state index contributed by atoms with van der Waals surface area (Å²) in [6, 6.07) is 11.4. The molecule has 106 valence electrons. The molecule has 3 heteroatoms. The maximum atomic E-state index is 14.2. The summed E-state index contributed by atoms with van der Waals surface area (Å²) in [4.78, 5) is 1.90. The molecule has 0 aromatic heterocycles. The van der Waals surface area contributed by atoms with E-state index in [2.05, 4.69) is 18.2 Å². The highest BCUT2D eigenvalue weighted by atomic mass is 19.1. The molecule has 2 aromatic carbocycles. The van der Waals surface area contributed by atoms with Crippen molar-refractivity contribution in [3.8, 4) is 0 Å². The highest BCUT2D eigenvalue weighted by molar-refractivity contribution is 5.67. The van der Waals surface area contributed by atoms with Crippen LogP contribution < -0.4 is 10.6 Å². The van der Waals surface area contributed by atoms with E-state index in [0.717, 1.165) is 11.3 Å². The predicted octanol–water partition coefficient (Wildman–Crippen LogP) is 3.71. The van der Waals surface area contributed by atoms with E-state index in [-0.39, 0.29) is 5.82 Å². The van der Waals surface area contributed by atoms with E-state index < -0.39 is 0 Å². The van der Waals surface area contributed by atoms with Gasteiger partial charge in [-0.15, -0.1) is 0 Å². The van der Waals surface area contributed by atoms with Gasteiger partial charge in [-0.25, -0.2) is 4.39 Å². The lowest BCUT2D eigenvalue weighted by Gasteiger charge is -2.24. The Labute approximate surface area is 120 Å². The Hall–Kier alpha value is -1.87. The molecule has 0 aliphatic heterocycles. The average molecular weight is 272 g/mol. The van der Waals surface area contributed by atoms with Crippen LogP contribution in [0.3, 0.4) is 0 Å². The van der Waals surface area contributed by atoms with Crippen molar-refractivity contribution in [3.63, 3.8) is 0 Å². The first-order chi connectivity index (χ1) is 9.52. The van der Waals surface area contributed by atoms with Gasteiger partial charge < -0.3 is 10.6 Å². The fourth-order valence-electron chi connectivity index (χ4n) is 2.57. The zero-order chi connectivity index (χ0) is 14.7. The van der Waals surface area contributed by atoms with Crippen molar-refractivity contribution in [2.24, 2.45) is 5.73 Å². The Morgan fingerprint density at radius 3 is 2.35 bits per heavy atom. The minimum absolute atomic E-state index is 0.211. The Kier molecular flexibility index (Phi) is 4.40. The summed E-state index contributed by atoms with van der Waals surface area (Å²) < 4.78 is 14.2. The first-order valence-corrected chi connectivity index (χ1v) is 6.82. The number of nitrogens with zero attached hydrogens (tertiary/aromatic N) is 1. The molecule has 0 unspecified atom stereocenters. The SMILES string of the molecule is Cc1cc(C)cc(N(C)c2c(F)cccc2CCN)c1. The number of benzene rings is 2. The molecule has 0 saturated heterocycles. The number of hydrogen-bond donors (Lipinski definition) is 1. The Morgan fingerprint density at radius 1 is 1.10 bits per heavy atom. The van der Waals surface area contributed by atoms with Gasteiger partial charge in [-0.05, 0) is 61.7 Å². The van der Waals surface area contributed by atoms with E-state index in [1.807, 2.05) is 31.9 Å². The summed E-state index contributed by atoms with van der Waals surface area (Å²) in [6.07, 6.45) is 0.669. The van der Waals surface area contributed by atoms with Gasteiger partial charge in [0.15, 0.2) is 0 Å². The number of rotatable bonds is 4. The van der Waals surface area contributed by atoms with E-state index in [1.54, 1.807) is 6.07 Å². The van der Waals surface area contributed by atoms with E-state index in [9.17, 15) is 4.39 Å². The van der Waals surface area contributed by atoms with E-state index >= 15 is 0 Å². The molecule has 0 saturated carbocycles. The van der Waals surface area contributed by atoms with Crippen LogP contribution in [-0.4, -0.2) is 13.6 Å². The van der Waals surface area contributed by atoms with Crippen molar-refractivity contribution in [2.45, 2.75) is 20.3 Å². The molecule has 2 N–H and O–H groups in total. The van der Waals surface area contributed by atoms with E-state index in [4.69, 9.17) is 5.73 Å². The first-order valence-electron chi connectivity index (χ1n) is 6.82. The summed E-state index contributed by atoms with van der Waals surface area (Å²) in [5, 5.41) is 0. The van der Waals surface area contributed by atoms with Crippen LogP contribution >= 0.6 is 0 Å². The molecule has 0 aliphatic carbocycles. The van der Waals surface area contributed by atoms with Crippen molar-refractivity contribution in [2.75, 3.05) is 18.5 Å². The van der Waals surface area contributed by atoms with Gasteiger partial charge >= 0.3 is 0 Å². The van der Waals surface area contributed by atoms with Crippen molar-refractivity contribution >= 4 is 11.4 Å². The predicted molar refractivity (Wildman–Crippen MR) is 83.1 cm³/mol. The normalized spacial score (nSPS) is 10.7. The maximum absolute atomic E-state index is 14.2. The third-order valence-corrected chi connectivity index (χ3v) is 3.41. The zero-order valence-electron chi connectivity index (χ0n) is 12.3. The lowest BCUT2D eigenvalue weighted by Crippen LogP contribution is -2.15. The van der Waals surface area contributed by atoms with Crippen LogP contribution in [0.15, 0.2) is 36.4 Å². The fourth-order valence-corrected chi connectivity index (χ4v) is 2.57. The van der Waals surface area contributed by atoms with Crippen molar-refractivity contribution in [3.05, 3.63) is 58.9 Å². The third-order valence-electron chi connectivity index (χ3n) is 3.41. The van der Waals surface area contributed by atoms with Crippen LogP contribution in [0.25, 0.3) is 0 Å². The summed E-state index contributed by atoms with van der Waals surface area (Å²) in [5.41, 5.74) is 10.5. The van der Waals surface area contributed by atoms with Gasteiger partial charge in [0.25, 0.3) is 0 Å². The van der Waals surface area contributed by atoms with Gasteiger partial charge in [-0.1, -0.05) is 18.2 Å². The van der Waals surface area contributed by atoms with Gasteiger partial charge in [0.05, 0.1) is 5.69 Å². The molecule has 2 aromatic rings. The highest BCUT2D eigenvalue weighted by Gasteiger charge is 2.14. The Morgan fingerprint density at radius 2 is 1.75 bits per heavy atom. The minimum atomic E-state index is -0.211. The lowest BCUT2D eigenvalue weighted by atomic mass is 10.1. The lowest BCUT2D eigenvalue weighted by molar-refractivity contribution is 0.625. The second kappa shape index (κ2) is 6.06. The molecule has 2 nitrogen and oxygen atoms in total. The van der Waals surface area contributed by atoms with Crippen molar-refractivity contribution < 1.29 is 4.39 Å². The molecular formula is C17H21FN2. The maximum Gasteiger partial charge on any atom is 0.147 e. The molecule has 0 fully saturated rings. The standard InChI is InChI=1S/C17H21FN2/c1-12-9-13(2)11-15(10-12)20(3)17-14(7-8-19)5-4-6-16(17)18/h4-6,9-11H,7-8,19H2,1-3H3. The number of aryl methyl sites for hydroxylation is 2. The largest absolute Gasteiger partial charge is 0.342 e. The first kappa shape index (κ1) is 14.5. The number of hydrogen-bond acceptors (Lipinski definition) is 2. The van der Waals surface area contributed by atoms with E-state index in [1.165, 1.54) is 17.2 Å². The Bertz CT molecular complexity index is 588. The number of para-hydroxylation sites is 1. The second-order valence-electron chi connectivity index (χ2n) is 5.19. The smallest absolute Gasteiger partial charge is 0.147 e. The average Bonchev–Trinajstić information content (AvgIpc) is 2.37. The molecule has 20 heavy (non-hydrogen) atoms. The summed E-state index contributed by atoms with van der Waals surface area (Å²) in [6.45, 7) is 4.61. The molecule has 0 heterocycles. The Balaban J connectivity index is 2.49. The van der Waals surface area contributed by atoms with Crippen LogP contribution in [0.1, 0.15) is 16.7 Å². The van der Waals surface area contributed by atoms with Crippen LogP contribution in [0.5, 0.6) is 0 Å². The zero-order valence-corrected chi connectivity index (χ0v) is 12.3. The van der Waals surface area contributed by atoms with Crippen LogP contribution in [-0.2, 0) is 6.42 Å². The fraction of sp³-hybridized carbons (Fsp3) is 0.294. The molecular weight excluding hydrogens is 251 g/mol. The minimum Gasteiger partial charge on any atom is -0.342 e. The van der Waals surface area contributed by atoms with Gasteiger partial charge in [-0.3, -0.25) is 0 Å². The molecule has 2 rings (SSSR count).